The molecule has 0 heterocycles. The number of carbonyl (C=O) groups is 1. The van der Waals surface area contributed by atoms with E-state index in [0.717, 1.165) is 6.42 Å². The van der Waals surface area contributed by atoms with Gasteiger partial charge in [0.25, 0.3) is 0 Å². The number of benzene rings is 1. The number of rotatable bonds is 9. The Bertz CT molecular complexity index is 390. The van der Waals surface area contributed by atoms with E-state index in [9.17, 15) is 4.79 Å². The number of carbonyl (C=O) groups excluding carboxylic acids is 1. The Hall–Kier alpha value is -1.87. The van der Waals surface area contributed by atoms with Crippen LogP contribution in [0.5, 0.6) is 0 Å². The van der Waals surface area contributed by atoms with Gasteiger partial charge in [0.2, 0.25) is 5.91 Å². The predicted octanol–water partition coefficient (Wildman–Crippen LogP) is 2.02. The van der Waals surface area contributed by atoms with E-state index in [1.807, 2.05) is 23.1 Å². The molecular weight excluding hydrogens is 236 g/mol. The number of nitrogens with zero attached hydrogens (tertiary/aromatic N) is 1. The van der Waals surface area contributed by atoms with Crippen molar-refractivity contribution < 1.29 is 4.79 Å². The van der Waals surface area contributed by atoms with Crippen molar-refractivity contribution in [2.45, 2.75) is 6.42 Å². The van der Waals surface area contributed by atoms with Crippen molar-refractivity contribution >= 4 is 5.91 Å². The molecule has 0 aromatic heterocycles. The normalized spacial score (nSPS) is 10.2. The van der Waals surface area contributed by atoms with E-state index in [2.05, 4.69) is 30.6 Å². The Kier molecular flexibility index (Phi) is 7.28. The molecule has 1 aromatic rings. The molecule has 0 bridgehead atoms. The van der Waals surface area contributed by atoms with Gasteiger partial charge in [0, 0.05) is 19.6 Å². The Balaban J connectivity index is 2.26. The minimum atomic E-state index is 0.0413. The molecular formula is C16H22N2O. The van der Waals surface area contributed by atoms with Crippen LogP contribution in [0.15, 0.2) is 55.6 Å². The fraction of sp³-hybridized carbons (Fsp3) is 0.312. The Morgan fingerprint density at radius 3 is 2.37 bits per heavy atom. The van der Waals surface area contributed by atoms with Crippen LogP contribution in [0.1, 0.15) is 5.56 Å². The van der Waals surface area contributed by atoms with Crippen LogP contribution in [-0.4, -0.2) is 37.0 Å². The van der Waals surface area contributed by atoms with E-state index in [-0.39, 0.29) is 5.91 Å². The van der Waals surface area contributed by atoms with Gasteiger partial charge in [-0.15, -0.1) is 13.2 Å². The molecule has 0 aliphatic carbocycles. The van der Waals surface area contributed by atoms with Crippen LogP contribution in [0.25, 0.3) is 0 Å². The zero-order valence-corrected chi connectivity index (χ0v) is 11.3. The molecule has 3 nitrogen and oxygen atoms in total. The van der Waals surface area contributed by atoms with Crippen molar-refractivity contribution in [1.82, 2.24) is 10.2 Å². The zero-order valence-electron chi connectivity index (χ0n) is 11.3. The molecule has 1 N–H and O–H groups in total. The smallest absolute Gasteiger partial charge is 0.234 e. The highest BCUT2D eigenvalue weighted by Crippen LogP contribution is 1.98. The molecule has 0 aliphatic heterocycles. The number of amides is 1. The van der Waals surface area contributed by atoms with Gasteiger partial charge in [-0.05, 0) is 12.0 Å². The molecule has 0 saturated heterocycles. The minimum absolute atomic E-state index is 0.0413. The largest absolute Gasteiger partial charge is 0.355 e. The first-order chi connectivity index (χ1) is 9.26. The Labute approximate surface area is 115 Å². The summed E-state index contributed by atoms with van der Waals surface area (Å²) >= 11 is 0. The van der Waals surface area contributed by atoms with Gasteiger partial charge in [-0.25, -0.2) is 0 Å². The van der Waals surface area contributed by atoms with Crippen LogP contribution >= 0.6 is 0 Å². The second-order valence-electron chi connectivity index (χ2n) is 4.36. The van der Waals surface area contributed by atoms with Crippen molar-refractivity contribution in [3.63, 3.8) is 0 Å². The third kappa shape index (κ3) is 6.58. The molecule has 1 aromatic carbocycles. The first kappa shape index (κ1) is 15.2. The molecule has 0 unspecified atom stereocenters. The quantitative estimate of drug-likeness (QED) is 0.687. The number of hydrogen-bond donors (Lipinski definition) is 1. The van der Waals surface area contributed by atoms with Gasteiger partial charge < -0.3 is 5.32 Å². The third-order valence-electron chi connectivity index (χ3n) is 2.72. The van der Waals surface area contributed by atoms with E-state index in [1.165, 1.54) is 5.56 Å². The molecule has 0 radical (unpaired) electrons. The second-order valence-corrected chi connectivity index (χ2v) is 4.36. The third-order valence-corrected chi connectivity index (χ3v) is 2.72. The summed E-state index contributed by atoms with van der Waals surface area (Å²) in [7, 11) is 0. The maximum Gasteiger partial charge on any atom is 0.234 e. The molecule has 3 heteroatoms. The van der Waals surface area contributed by atoms with Crippen LogP contribution < -0.4 is 5.32 Å². The van der Waals surface area contributed by atoms with Crippen molar-refractivity contribution in [2.75, 3.05) is 26.2 Å². The first-order valence-corrected chi connectivity index (χ1v) is 6.51. The van der Waals surface area contributed by atoms with E-state index in [0.29, 0.717) is 26.2 Å². The molecule has 0 spiro atoms. The van der Waals surface area contributed by atoms with Crippen molar-refractivity contribution in [3.05, 3.63) is 61.2 Å². The van der Waals surface area contributed by atoms with Crippen molar-refractivity contribution in [2.24, 2.45) is 0 Å². The lowest BCUT2D eigenvalue weighted by Gasteiger charge is -2.17. The van der Waals surface area contributed by atoms with Gasteiger partial charge in [0.15, 0.2) is 0 Å². The molecule has 19 heavy (non-hydrogen) atoms. The van der Waals surface area contributed by atoms with E-state index < -0.39 is 0 Å². The summed E-state index contributed by atoms with van der Waals surface area (Å²) in [4.78, 5) is 13.8. The van der Waals surface area contributed by atoms with Gasteiger partial charge in [-0.3, -0.25) is 9.69 Å². The maximum atomic E-state index is 11.8. The lowest BCUT2D eigenvalue weighted by Crippen LogP contribution is -2.38. The van der Waals surface area contributed by atoms with Gasteiger partial charge in [-0.1, -0.05) is 42.5 Å². The fourth-order valence-electron chi connectivity index (χ4n) is 1.82. The fourth-order valence-corrected chi connectivity index (χ4v) is 1.82. The minimum Gasteiger partial charge on any atom is -0.355 e. The van der Waals surface area contributed by atoms with E-state index in [1.54, 1.807) is 12.2 Å². The average molecular weight is 258 g/mol. The van der Waals surface area contributed by atoms with Crippen LogP contribution in [0.3, 0.4) is 0 Å². The highest BCUT2D eigenvalue weighted by Gasteiger charge is 2.07. The van der Waals surface area contributed by atoms with Crippen LogP contribution in [0.4, 0.5) is 0 Å². The summed E-state index contributed by atoms with van der Waals surface area (Å²) in [6, 6.07) is 10.1. The summed E-state index contributed by atoms with van der Waals surface area (Å²) in [6.07, 6.45) is 4.44. The second kappa shape index (κ2) is 9.11. The van der Waals surface area contributed by atoms with E-state index >= 15 is 0 Å². The Morgan fingerprint density at radius 1 is 1.16 bits per heavy atom. The highest BCUT2D eigenvalue weighted by molar-refractivity contribution is 5.78. The molecule has 0 aliphatic rings. The van der Waals surface area contributed by atoms with Gasteiger partial charge in [0.1, 0.15) is 0 Å². The standard InChI is InChI=1S/C16H22N2O/c1-3-12-18(13-4-2)14-16(19)17-11-10-15-8-6-5-7-9-15/h3-9H,1-2,10-14H2,(H,17,19). The molecule has 0 fully saturated rings. The lowest BCUT2D eigenvalue weighted by atomic mass is 10.1. The summed E-state index contributed by atoms with van der Waals surface area (Å²) in [5, 5.41) is 2.93. The van der Waals surface area contributed by atoms with Gasteiger partial charge in [0.05, 0.1) is 6.54 Å². The zero-order chi connectivity index (χ0) is 13.9. The average Bonchev–Trinajstić information content (AvgIpc) is 2.40. The summed E-state index contributed by atoms with van der Waals surface area (Å²) in [5.41, 5.74) is 1.23. The van der Waals surface area contributed by atoms with Gasteiger partial charge >= 0.3 is 0 Å². The molecule has 1 rings (SSSR count). The summed E-state index contributed by atoms with van der Waals surface area (Å²) in [5.74, 6) is 0.0413. The Morgan fingerprint density at radius 2 is 1.79 bits per heavy atom. The summed E-state index contributed by atoms with van der Waals surface area (Å²) in [6.45, 7) is 9.80. The van der Waals surface area contributed by atoms with E-state index in [4.69, 9.17) is 0 Å². The lowest BCUT2D eigenvalue weighted by molar-refractivity contribution is -0.121. The van der Waals surface area contributed by atoms with Crippen molar-refractivity contribution in [3.8, 4) is 0 Å². The number of hydrogen-bond acceptors (Lipinski definition) is 2. The topological polar surface area (TPSA) is 32.3 Å². The van der Waals surface area contributed by atoms with Gasteiger partial charge in [-0.2, -0.15) is 0 Å². The molecule has 0 saturated carbocycles. The molecule has 1 amide bonds. The van der Waals surface area contributed by atoms with Crippen LogP contribution in [-0.2, 0) is 11.2 Å². The van der Waals surface area contributed by atoms with Crippen LogP contribution in [0, 0.1) is 0 Å². The SMILES string of the molecule is C=CCN(CC=C)CC(=O)NCCc1ccccc1. The molecule has 102 valence electrons. The summed E-state index contributed by atoms with van der Waals surface area (Å²) < 4.78 is 0. The monoisotopic (exact) mass is 258 g/mol. The number of nitrogens with one attached hydrogen (secondary N) is 1. The highest BCUT2D eigenvalue weighted by atomic mass is 16.2. The van der Waals surface area contributed by atoms with Crippen molar-refractivity contribution in [1.29, 1.82) is 0 Å². The van der Waals surface area contributed by atoms with Crippen LogP contribution in [0.2, 0.25) is 0 Å². The maximum absolute atomic E-state index is 11.8. The molecule has 0 atom stereocenters. The predicted molar refractivity (Wildman–Crippen MR) is 80.0 cm³/mol. The first-order valence-electron chi connectivity index (χ1n) is 6.51.